The summed E-state index contributed by atoms with van der Waals surface area (Å²) in [6.07, 6.45) is 17.1. The van der Waals surface area contributed by atoms with Crippen LogP contribution in [0.25, 0.3) is 0 Å². The molecule has 0 radical (unpaired) electrons. The fourth-order valence-corrected chi connectivity index (χ4v) is 9.51. The first-order chi connectivity index (χ1) is 15.4. The van der Waals surface area contributed by atoms with Crippen LogP contribution in [0.3, 0.4) is 0 Å². The van der Waals surface area contributed by atoms with E-state index in [1.807, 2.05) is 0 Å². The van der Waals surface area contributed by atoms with Crippen LogP contribution in [-0.2, 0) is 9.53 Å². The van der Waals surface area contributed by atoms with Crippen molar-refractivity contribution in [1.29, 1.82) is 0 Å². The monoisotopic (exact) mass is 452 g/mol. The van der Waals surface area contributed by atoms with E-state index in [1.54, 1.807) is 0 Å². The molecule has 1 N–H and O–H groups in total. The van der Waals surface area contributed by atoms with Gasteiger partial charge in [0.2, 0.25) is 0 Å². The molecule has 182 valence electrons. The van der Waals surface area contributed by atoms with Crippen LogP contribution in [0.2, 0.25) is 0 Å². The quantitative estimate of drug-likeness (QED) is 0.297. The zero-order chi connectivity index (χ0) is 24.0. The largest absolute Gasteiger partial charge is 0.453 e. The molecule has 3 saturated carbocycles. The van der Waals surface area contributed by atoms with Gasteiger partial charge in [0.15, 0.2) is 0 Å². The lowest BCUT2D eigenvalue weighted by Crippen LogP contribution is -2.64. The van der Waals surface area contributed by atoms with Crippen molar-refractivity contribution in [3.8, 4) is 0 Å². The number of fused-ring (bicyclic) bond motifs is 2. The van der Waals surface area contributed by atoms with Crippen molar-refractivity contribution in [3.05, 3.63) is 36.0 Å². The highest BCUT2D eigenvalue weighted by Crippen LogP contribution is 2.77. The fourth-order valence-electron chi connectivity index (χ4n) is 9.51. The summed E-state index contributed by atoms with van der Waals surface area (Å²) in [5, 5.41) is 10.9. The summed E-state index contributed by atoms with van der Waals surface area (Å²) < 4.78 is 6.40. The van der Waals surface area contributed by atoms with Crippen LogP contribution < -0.4 is 0 Å². The second kappa shape index (κ2) is 7.09. The lowest BCUT2D eigenvalue weighted by molar-refractivity contribution is -0.173. The number of esters is 1. The number of rotatable bonds is 3. The highest BCUT2D eigenvalue weighted by atomic mass is 16.6. The van der Waals surface area contributed by atoms with Gasteiger partial charge in [-0.1, -0.05) is 64.5 Å². The number of aliphatic hydroxyl groups excluding tert-OH is 1. The number of aliphatic hydroxyl groups is 1. The van der Waals surface area contributed by atoms with Crippen molar-refractivity contribution in [1.82, 2.24) is 0 Å². The molecule has 1 saturated heterocycles. The Labute approximate surface area is 200 Å². The first-order valence-electron chi connectivity index (χ1n) is 13.3. The lowest BCUT2D eigenvalue weighted by atomic mass is 9.38. The molecule has 2 bridgehead atoms. The first kappa shape index (κ1) is 23.4. The van der Waals surface area contributed by atoms with Gasteiger partial charge in [0, 0.05) is 11.3 Å². The predicted octanol–water partition coefficient (Wildman–Crippen LogP) is 6.63. The molecule has 1 unspecified atom stereocenters. The van der Waals surface area contributed by atoms with E-state index in [0.29, 0.717) is 11.8 Å². The molecule has 4 aliphatic carbocycles. The number of ether oxygens (including phenoxy) is 1. The zero-order valence-electron chi connectivity index (χ0n) is 21.8. The minimum absolute atomic E-state index is 0.0212. The molecule has 3 nitrogen and oxygen atoms in total. The van der Waals surface area contributed by atoms with Crippen LogP contribution >= 0.6 is 0 Å². The average Bonchev–Trinajstić information content (AvgIpc) is 3.09. The summed E-state index contributed by atoms with van der Waals surface area (Å²) in [6.45, 7) is 15.9. The topological polar surface area (TPSA) is 46.5 Å². The van der Waals surface area contributed by atoms with Gasteiger partial charge in [-0.15, -0.1) is 0 Å². The molecule has 1 spiro atoms. The Balaban J connectivity index is 1.55. The smallest absolute Gasteiger partial charge is 0.314 e. The summed E-state index contributed by atoms with van der Waals surface area (Å²) in [4.78, 5) is 13.9. The van der Waals surface area contributed by atoms with E-state index in [9.17, 15) is 9.90 Å². The van der Waals surface area contributed by atoms with E-state index in [1.165, 1.54) is 18.4 Å². The highest BCUT2D eigenvalue weighted by Gasteiger charge is 2.79. The Morgan fingerprint density at radius 2 is 1.82 bits per heavy atom. The molecule has 1 heterocycles. The molecule has 1 aliphatic heterocycles. The van der Waals surface area contributed by atoms with Crippen LogP contribution in [-0.4, -0.2) is 22.8 Å². The summed E-state index contributed by atoms with van der Waals surface area (Å²) >= 11 is 0. The maximum atomic E-state index is 13.9. The Kier molecular flexibility index (Phi) is 5.03. The summed E-state index contributed by atoms with van der Waals surface area (Å²) in [6, 6.07) is 0. The first-order valence-corrected chi connectivity index (χ1v) is 13.3. The maximum absolute atomic E-state index is 13.9. The molecule has 0 aromatic carbocycles. The Hall–Kier alpha value is -1.35. The molecule has 0 amide bonds. The SMILES string of the molecule is CC(C)=CC=C[C@@H](C)[C@H]1CC[C@@]2(C)[C@@H]3C=C[C@@]45OC(=O)[C@]3(CC[C@]12C)C4CC[C@H](O)C5(C)C. The van der Waals surface area contributed by atoms with Crippen molar-refractivity contribution >= 4 is 5.97 Å². The Bertz CT molecular complexity index is 938. The molecule has 33 heavy (non-hydrogen) atoms. The van der Waals surface area contributed by atoms with Gasteiger partial charge < -0.3 is 9.84 Å². The minimum atomic E-state index is -0.652. The standard InChI is InChI=1S/C30H44O3/c1-19(2)9-8-10-20(3)21-13-15-28(7)22-14-16-30-23(11-12-24(31)26(30,4)5)29(22,25(32)33-30)18-17-27(21,28)6/h8-10,14,16,20-24,31H,11-13,15,17-18H2,1-7H3/t20-,21-,22+,23?,24+,27-,28+,29+,30-/m1/s1. The van der Waals surface area contributed by atoms with Crippen molar-refractivity contribution in [2.45, 2.75) is 98.7 Å². The third kappa shape index (κ3) is 2.64. The second-order valence-corrected chi connectivity index (χ2v) is 13.4. The van der Waals surface area contributed by atoms with Gasteiger partial charge in [-0.2, -0.15) is 0 Å². The molecule has 9 atom stereocenters. The zero-order valence-corrected chi connectivity index (χ0v) is 21.8. The molecule has 5 aliphatic rings. The second-order valence-electron chi connectivity index (χ2n) is 13.4. The van der Waals surface area contributed by atoms with E-state index in [2.05, 4.69) is 78.8 Å². The average molecular weight is 453 g/mol. The summed E-state index contributed by atoms with van der Waals surface area (Å²) in [5.74, 6) is 1.58. The van der Waals surface area contributed by atoms with Crippen molar-refractivity contribution in [2.24, 2.45) is 45.3 Å². The third-order valence-corrected chi connectivity index (χ3v) is 11.8. The number of hydrogen-bond acceptors (Lipinski definition) is 3. The molecule has 4 fully saturated rings. The number of carbonyl (C=O) groups excluding carboxylic acids is 1. The van der Waals surface area contributed by atoms with E-state index in [4.69, 9.17) is 4.74 Å². The van der Waals surface area contributed by atoms with Gasteiger partial charge in [0.05, 0.1) is 11.5 Å². The minimum Gasteiger partial charge on any atom is -0.453 e. The molecule has 5 rings (SSSR count). The van der Waals surface area contributed by atoms with E-state index < -0.39 is 22.5 Å². The molecular weight excluding hydrogens is 408 g/mol. The molecular formula is C30H44O3. The fraction of sp³-hybridized carbons (Fsp3) is 0.767. The number of carbonyl (C=O) groups is 1. The van der Waals surface area contributed by atoms with Gasteiger partial charge in [-0.25, -0.2) is 0 Å². The third-order valence-electron chi connectivity index (χ3n) is 11.8. The van der Waals surface area contributed by atoms with Crippen LogP contribution in [0, 0.1) is 45.3 Å². The Morgan fingerprint density at radius 1 is 1.09 bits per heavy atom. The molecule has 0 aromatic heterocycles. The van der Waals surface area contributed by atoms with Crippen molar-refractivity contribution in [2.75, 3.05) is 0 Å². The highest BCUT2D eigenvalue weighted by molar-refractivity contribution is 5.83. The maximum Gasteiger partial charge on any atom is 0.314 e. The van der Waals surface area contributed by atoms with Crippen molar-refractivity contribution in [3.63, 3.8) is 0 Å². The normalized spacial score (nSPS) is 50.4. The summed E-state index contributed by atoms with van der Waals surface area (Å²) in [7, 11) is 0. The van der Waals surface area contributed by atoms with E-state index in [-0.39, 0.29) is 28.6 Å². The van der Waals surface area contributed by atoms with Crippen LogP contribution in [0.1, 0.15) is 87.0 Å². The van der Waals surface area contributed by atoms with Crippen molar-refractivity contribution < 1.29 is 14.6 Å². The lowest BCUT2D eigenvalue weighted by Gasteiger charge is -2.63. The van der Waals surface area contributed by atoms with Gasteiger partial charge in [0.25, 0.3) is 0 Å². The van der Waals surface area contributed by atoms with Gasteiger partial charge in [-0.05, 0) is 87.0 Å². The van der Waals surface area contributed by atoms with Gasteiger partial charge in [0.1, 0.15) is 5.60 Å². The summed E-state index contributed by atoms with van der Waals surface area (Å²) in [5.41, 5.74) is 0.0873. The van der Waals surface area contributed by atoms with E-state index >= 15 is 0 Å². The molecule has 3 heteroatoms. The Morgan fingerprint density at radius 3 is 2.52 bits per heavy atom. The molecule has 0 aromatic rings. The predicted molar refractivity (Wildman–Crippen MR) is 132 cm³/mol. The number of allylic oxidation sites excluding steroid dienone is 5. The van der Waals surface area contributed by atoms with Gasteiger partial charge in [-0.3, -0.25) is 4.79 Å². The van der Waals surface area contributed by atoms with Gasteiger partial charge >= 0.3 is 5.97 Å². The van der Waals surface area contributed by atoms with Crippen LogP contribution in [0.4, 0.5) is 0 Å². The van der Waals surface area contributed by atoms with Crippen LogP contribution in [0.5, 0.6) is 0 Å². The van der Waals surface area contributed by atoms with Crippen LogP contribution in [0.15, 0.2) is 36.0 Å². The van der Waals surface area contributed by atoms with E-state index in [0.717, 1.165) is 25.7 Å². The number of hydrogen-bond donors (Lipinski definition) is 1.